The second-order valence-corrected chi connectivity index (χ2v) is 9.51. The van der Waals surface area contributed by atoms with Crippen LogP contribution in [0.2, 0.25) is 0 Å². The first-order valence-corrected chi connectivity index (χ1v) is 11.4. The van der Waals surface area contributed by atoms with Crippen LogP contribution in [0.3, 0.4) is 0 Å². The lowest BCUT2D eigenvalue weighted by atomic mass is 9.80. The third-order valence-corrected chi connectivity index (χ3v) is 7.02. The van der Waals surface area contributed by atoms with Crippen LogP contribution in [0.25, 0.3) is 10.8 Å². The molecule has 2 aliphatic carbocycles. The van der Waals surface area contributed by atoms with Crippen LogP contribution in [0.4, 0.5) is 13.2 Å². The quantitative estimate of drug-likeness (QED) is 0.541. The van der Waals surface area contributed by atoms with E-state index in [1.807, 2.05) is 13.0 Å². The Labute approximate surface area is 186 Å². The zero-order chi connectivity index (χ0) is 23.0. The summed E-state index contributed by atoms with van der Waals surface area (Å²) in [6, 6.07) is 8.15. The molecule has 4 rings (SSSR count). The smallest absolute Gasteiger partial charge is 0.420 e. The molecular formula is C25H30F3NO3. The van der Waals surface area contributed by atoms with Gasteiger partial charge in [-0.05, 0) is 79.8 Å². The van der Waals surface area contributed by atoms with E-state index >= 15 is 0 Å². The van der Waals surface area contributed by atoms with Gasteiger partial charge in [-0.2, -0.15) is 13.2 Å². The van der Waals surface area contributed by atoms with Crippen LogP contribution in [0.1, 0.15) is 69.5 Å². The zero-order valence-electron chi connectivity index (χ0n) is 18.4. The number of carboxylic acids is 1. The van der Waals surface area contributed by atoms with E-state index in [9.17, 15) is 18.0 Å². The highest BCUT2D eigenvalue weighted by Gasteiger charge is 2.38. The average molecular weight is 450 g/mol. The van der Waals surface area contributed by atoms with E-state index in [1.165, 1.54) is 6.07 Å². The summed E-state index contributed by atoms with van der Waals surface area (Å²) in [5.41, 5.74) is 0.0303. The van der Waals surface area contributed by atoms with Gasteiger partial charge in [-0.15, -0.1) is 0 Å². The summed E-state index contributed by atoms with van der Waals surface area (Å²) in [6.07, 6.45) is -0.151. The van der Waals surface area contributed by atoms with E-state index in [0.29, 0.717) is 24.1 Å². The highest BCUT2D eigenvalue weighted by atomic mass is 19.4. The number of halogens is 3. The number of hydrogen-bond donors (Lipinski definition) is 2. The fraction of sp³-hybridized carbons (Fsp3) is 0.560. The third-order valence-electron chi connectivity index (χ3n) is 7.02. The van der Waals surface area contributed by atoms with E-state index in [-0.39, 0.29) is 35.2 Å². The predicted molar refractivity (Wildman–Crippen MR) is 117 cm³/mol. The van der Waals surface area contributed by atoms with Crippen LogP contribution in [0.5, 0.6) is 5.75 Å². The molecule has 2 saturated carbocycles. The number of carboxylic acid groups (broad SMARTS) is 1. The molecule has 0 amide bonds. The van der Waals surface area contributed by atoms with Crippen molar-refractivity contribution in [2.75, 3.05) is 0 Å². The fourth-order valence-electron chi connectivity index (χ4n) is 4.91. The number of alkyl halides is 3. The van der Waals surface area contributed by atoms with Gasteiger partial charge in [0.15, 0.2) is 0 Å². The predicted octanol–water partition coefficient (Wildman–Crippen LogP) is 6.33. The van der Waals surface area contributed by atoms with Gasteiger partial charge in [-0.1, -0.05) is 25.1 Å². The third kappa shape index (κ3) is 4.87. The van der Waals surface area contributed by atoms with Gasteiger partial charge < -0.3 is 15.2 Å². The van der Waals surface area contributed by atoms with Crippen LogP contribution < -0.4 is 10.1 Å². The number of fused-ring (bicyclic) bond motifs is 1. The molecule has 7 heteroatoms. The lowest BCUT2D eigenvalue weighted by molar-refractivity contribution is -0.145. The highest BCUT2D eigenvalue weighted by Crippen LogP contribution is 2.43. The maximum Gasteiger partial charge on any atom is 0.420 e. The van der Waals surface area contributed by atoms with E-state index in [0.717, 1.165) is 31.2 Å². The molecule has 2 aromatic carbocycles. The van der Waals surface area contributed by atoms with E-state index in [4.69, 9.17) is 9.84 Å². The molecule has 0 aromatic heterocycles. The Bertz CT molecular complexity index is 976. The van der Waals surface area contributed by atoms with Crippen molar-refractivity contribution in [3.63, 3.8) is 0 Å². The molecule has 32 heavy (non-hydrogen) atoms. The second-order valence-electron chi connectivity index (χ2n) is 9.51. The summed E-state index contributed by atoms with van der Waals surface area (Å²) in [7, 11) is 0. The molecule has 1 atom stereocenters. The SMILES string of the molecule is CC1CCC(Oc2ccc3ccc(C(C)NC4CC(C(=O)O)C4)cc3c2C(F)(F)F)CC1. The molecule has 2 aromatic rings. The first-order chi connectivity index (χ1) is 15.1. The Morgan fingerprint density at radius 3 is 2.41 bits per heavy atom. The van der Waals surface area contributed by atoms with Gasteiger partial charge in [0.25, 0.3) is 0 Å². The van der Waals surface area contributed by atoms with Crippen molar-refractivity contribution in [1.29, 1.82) is 0 Å². The van der Waals surface area contributed by atoms with Crippen molar-refractivity contribution in [2.45, 2.75) is 76.7 Å². The van der Waals surface area contributed by atoms with Crippen molar-refractivity contribution < 1.29 is 27.8 Å². The summed E-state index contributed by atoms with van der Waals surface area (Å²) in [5, 5.41) is 13.0. The molecule has 1 unspecified atom stereocenters. The lowest BCUT2D eigenvalue weighted by Gasteiger charge is -2.35. The van der Waals surface area contributed by atoms with E-state index in [2.05, 4.69) is 12.2 Å². The largest absolute Gasteiger partial charge is 0.490 e. The minimum Gasteiger partial charge on any atom is -0.490 e. The molecular weight excluding hydrogens is 419 g/mol. The van der Waals surface area contributed by atoms with Crippen molar-refractivity contribution in [3.8, 4) is 5.75 Å². The number of rotatable bonds is 6. The Balaban J connectivity index is 1.60. The first kappa shape index (κ1) is 22.9. The van der Waals surface area contributed by atoms with Gasteiger partial charge in [0.2, 0.25) is 0 Å². The molecule has 2 N–H and O–H groups in total. The van der Waals surface area contributed by atoms with Crippen LogP contribution in [0, 0.1) is 11.8 Å². The monoisotopic (exact) mass is 449 g/mol. The van der Waals surface area contributed by atoms with E-state index in [1.54, 1.807) is 18.2 Å². The van der Waals surface area contributed by atoms with Gasteiger partial charge >= 0.3 is 12.1 Å². The lowest BCUT2D eigenvalue weighted by Crippen LogP contribution is -2.45. The zero-order valence-corrected chi connectivity index (χ0v) is 18.4. The number of carbonyl (C=O) groups is 1. The van der Waals surface area contributed by atoms with Crippen molar-refractivity contribution in [3.05, 3.63) is 41.5 Å². The molecule has 0 aliphatic heterocycles. The molecule has 0 radical (unpaired) electrons. The first-order valence-electron chi connectivity index (χ1n) is 11.4. The minimum absolute atomic E-state index is 0.0623. The Hall–Kier alpha value is -2.28. The maximum absolute atomic E-state index is 14.2. The van der Waals surface area contributed by atoms with Crippen LogP contribution in [-0.2, 0) is 11.0 Å². The number of hydrogen-bond acceptors (Lipinski definition) is 3. The van der Waals surface area contributed by atoms with Gasteiger partial charge in [0, 0.05) is 12.1 Å². The van der Waals surface area contributed by atoms with Gasteiger partial charge in [-0.3, -0.25) is 4.79 Å². The summed E-state index contributed by atoms with van der Waals surface area (Å²) < 4.78 is 48.4. The molecule has 0 bridgehead atoms. The maximum atomic E-state index is 14.2. The van der Waals surface area contributed by atoms with Crippen LogP contribution >= 0.6 is 0 Å². The Morgan fingerprint density at radius 1 is 1.12 bits per heavy atom. The highest BCUT2D eigenvalue weighted by molar-refractivity contribution is 5.89. The van der Waals surface area contributed by atoms with Crippen LogP contribution in [0.15, 0.2) is 30.3 Å². The van der Waals surface area contributed by atoms with Gasteiger partial charge in [-0.25, -0.2) is 0 Å². The van der Waals surface area contributed by atoms with Gasteiger partial charge in [0.05, 0.1) is 12.0 Å². The van der Waals surface area contributed by atoms with Crippen LogP contribution in [-0.4, -0.2) is 23.2 Å². The van der Waals surface area contributed by atoms with E-state index < -0.39 is 17.7 Å². The topological polar surface area (TPSA) is 58.6 Å². The average Bonchev–Trinajstić information content (AvgIpc) is 2.70. The molecule has 4 nitrogen and oxygen atoms in total. The molecule has 2 fully saturated rings. The number of nitrogens with one attached hydrogen (secondary N) is 1. The molecule has 2 aliphatic rings. The van der Waals surface area contributed by atoms with Crippen molar-refractivity contribution in [1.82, 2.24) is 5.32 Å². The molecule has 0 saturated heterocycles. The number of benzene rings is 2. The van der Waals surface area contributed by atoms with Gasteiger partial charge in [0.1, 0.15) is 11.3 Å². The second kappa shape index (κ2) is 8.93. The summed E-state index contributed by atoms with van der Waals surface area (Å²) >= 11 is 0. The minimum atomic E-state index is -4.53. The Kier molecular flexibility index (Phi) is 6.39. The molecule has 0 heterocycles. The Morgan fingerprint density at radius 2 is 1.78 bits per heavy atom. The van der Waals surface area contributed by atoms with Crippen molar-refractivity contribution in [2.24, 2.45) is 11.8 Å². The molecule has 0 spiro atoms. The fourth-order valence-corrected chi connectivity index (χ4v) is 4.91. The molecule has 174 valence electrons. The summed E-state index contributed by atoms with van der Waals surface area (Å²) in [4.78, 5) is 11.0. The summed E-state index contributed by atoms with van der Waals surface area (Å²) in [6.45, 7) is 4.06. The standard InChI is InChI=1S/C25H30F3NO3/c1-14-3-8-20(9-4-14)32-22-10-7-16-5-6-17(13-21(16)23(22)25(26,27)28)15(2)29-19-11-18(12-19)24(30)31/h5-7,10,13-15,18-20,29H,3-4,8-9,11-12H2,1-2H3,(H,30,31). The normalized spacial score (nSPS) is 27.0. The number of ether oxygens (including phenoxy) is 1. The number of aliphatic carboxylic acids is 1. The van der Waals surface area contributed by atoms with Crippen molar-refractivity contribution >= 4 is 16.7 Å². The summed E-state index contributed by atoms with van der Waals surface area (Å²) in [5.74, 6) is -0.635.